The summed E-state index contributed by atoms with van der Waals surface area (Å²) in [5, 5.41) is 13.4. The zero-order chi connectivity index (χ0) is 13.4. The van der Waals surface area contributed by atoms with Crippen LogP contribution in [0.25, 0.3) is 0 Å². The van der Waals surface area contributed by atoms with Gasteiger partial charge in [0.25, 0.3) is 21.5 Å². The number of rotatable bonds is 3. The number of hydrogen-bond acceptors (Lipinski definition) is 5. The maximum absolute atomic E-state index is 12.4. The Hall–Kier alpha value is -1.39. The predicted octanol–water partition coefficient (Wildman–Crippen LogP) is 1.23. The van der Waals surface area contributed by atoms with Crippen molar-refractivity contribution in [2.75, 3.05) is 0 Å². The van der Waals surface area contributed by atoms with Crippen molar-refractivity contribution in [1.82, 2.24) is 4.98 Å². The Morgan fingerprint density at radius 1 is 1.53 bits per heavy atom. The molecule has 0 radical (unpaired) electrons. The summed E-state index contributed by atoms with van der Waals surface area (Å²) in [6.07, 6.45) is -3.21. The topological polar surface area (TPSA) is 116 Å². The number of halogens is 3. The highest BCUT2D eigenvalue weighted by atomic mass is 35.5. The summed E-state index contributed by atoms with van der Waals surface area (Å²) in [6, 6.07) is 0.455. The summed E-state index contributed by atoms with van der Waals surface area (Å²) >= 11 is 5.36. The van der Waals surface area contributed by atoms with Crippen molar-refractivity contribution < 1.29 is 22.1 Å². The highest BCUT2D eigenvalue weighted by molar-refractivity contribution is 7.89. The fourth-order valence-corrected chi connectivity index (χ4v) is 2.01. The van der Waals surface area contributed by atoms with Crippen LogP contribution in [0.3, 0.4) is 0 Å². The van der Waals surface area contributed by atoms with Gasteiger partial charge in [0.1, 0.15) is 10.6 Å². The van der Waals surface area contributed by atoms with E-state index in [1.54, 1.807) is 0 Å². The quantitative estimate of drug-likeness (QED) is 0.663. The van der Waals surface area contributed by atoms with E-state index in [4.69, 9.17) is 11.6 Å². The van der Waals surface area contributed by atoms with Crippen molar-refractivity contribution in [1.29, 1.82) is 0 Å². The van der Waals surface area contributed by atoms with Gasteiger partial charge in [-0.25, -0.2) is 22.3 Å². The predicted molar refractivity (Wildman–Crippen MR) is 52.2 cm³/mol. The molecule has 0 aliphatic rings. The standard InChI is InChI=1S/C6H4ClF2N3O4S/c7-3-1-2(4(8)9)5(12(13)14)11-6(3)17(10,15)16/h1,4H,(H2,10,15,16). The molecule has 0 aliphatic heterocycles. The van der Waals surface area contributed by atoms with E-state index in [9.17, 15) is 27.3 Å². The number of sulfonamides is 1. The van der Waals surface area contributed by atoms with Crippen LogP contribution in [0.15, 0.2) is 11.1 Å². The maximum Gasteiger partial charge on any atom is 0.373 e. The lowest BCUT2D eigenvalue weighted by atomic mass is 10.2. The summed E-state index contributed by atoms with van der Waals surface area (Å²) in [7, 11) is -4.42. The van der Waals surface area contributed by atoms with Gasteiger partial charge in [0, 0.05) is 0 Å². The molecule has 0 atom stereocenters. The lowest BCUT2D eigenvalue weighted by Gasteiger charge is -2.03. The zero-order valence-corrected chi connectivity index (χ0v) is 9.37. The first kappa shape index (κ1) is 13.7. The third-order valence-corrected chi connectivity index (χ3v) is 2.88. The average Bonchev–Trinajstić information content (AvgIpc) is 2.14. The van der Waals surface area contributed by atoms with E-state index in [-0.39, 0.29) is 0 Å². The van der Waals surface area contributed by atoms with E-state index in [1.807, 2.05) is 0 Å². The van der Waals surface area contributed by atoms with Crippen LogP contribution in [-0.4, -0.2) is 18.3 Å². The normalized spacial score (nSPS) is 11.8. The Bertz CT molecular complexity index is 577. The molecule has 17 heavy (non-hydrogen) atoms. The van der Waals surface area contributed by atoms with Crippen molar-refractivity contribution >= 4 is 27.4 Å². The van der Waals surface area contributed by atoms with E-state index in [0.29, 0.717) is 6.07 Å². The first-order chi connectivity index (χ1) is 7.64. The van der Waals surface area contributed by atoms with Gasteiger partial charge < -0.3 is 10.1 Å². The third kappa shape index (κ3) is 2.84. The molecule has 1 aromatic heterocycles. The summed E-state index contributed by atoms with van der Waals surface area (Å²) in [4.78, 5) is 12.1. The van der Waals surface area contributed by atoms with Crippen LogP contribution in [-0.2, 0) is 10.0 Å². The number of nitrogens with zero attached hydrogens (tertiary/aromatic N) is 2. The molecule has 94 valence electrons. The maximum atomic E-state index is 12.4. The lowest BCUT2D eigenvalue weighted by Crippen LogP contribution is -2.16. The summed E-state index contributed by atoms with van der Waals surface area (Å²) in [5.41, 5.74) is -1.08. The molecule has 1 heterocycles. The number of nitrogens with two attached hydrogens (primary N) is 1. The Labute approximate surface area is 98.4 Å². The molecule has 0 aliphatic carbocycles. The molecule has 0 saturated heterocycles. The average molecular weight is 288 g/mol. The molecule has 0 unspecified atom stereocenters. The smallest absolute Gasteiger partial charge is 0.358 e. The second-order valence-corrected chi connectivity index (χ2v) is 4.67. The van der Waals surface area contributed by atoms with Gasteiger partial charge >= 0.3 is 5.82 Å². The monoisotopic (exact) mass is 287 g/mol. The molecule has 7 nitrogen and oxygen atoms in total. The van der Waals surface area contributed by atoms with E-state index >= 15 is 0 Å². The fourth-order valence-electron chi connectivity index (χ4n) is 0.983. The number of alkyl halides is 2. The van der Waals surface area contributed by atoms with E-state index in [1.165, 1.54) is 0 Å². The Morgan fingerprint density at radius 2 is 2.06 bits per heavy atom. The van der Waals surface area contributed by atoms with Crippen LogP contribution in [0.4, 0.5) is 14.6 Å². The molecular formula is C6H4ClF2N3O4S. The number of pyridine rings is 1. The highest BCUT2D eigenvalue weighted by Gasteiger charge is 2.31. The Morgan fingerprint density at radius 3 is 2.41 bits per heavy atom. The largest absolute Gasteiger partial charge is 0.373 e. The number of nitro groups is 1. The van der Waals surface area contributed by atoms with Gasteiger partial charge in [-0.1, -0.05) is 11.6 Å². The first-order valence-corrected chi connectivity index (χ1v) is 5.72. The summed E-state index contributed by atoms with van der Waals surface area (Å²) < 4.78 is 46.7. The van der Waals surface area contributed by atoms with Crippen molar-refractivity contribution in [3.8, 4) is 0 Å². The minimum atomic E-state index is -4.42. The molecular weight excluding hydrogens is 284 g/mol. The SMILES string of the molecule is NS(=O)(=O)c1nc([N+](=O)[O-])c(C(F)F)cc1Cl. The van der Waals surface area contributed by atoms with Gasteiger partial charge in [-0.2, -0.15) is 0 Å². The summed E-state index contributed by atoms with van der Waals surface area (Å²) in [6.45, 7) is 0. The van der Waals surface area contributed by atoms with Crippen LogP contribution in [0, 0.1) is 10.1 Å². The molecule has 0 amide bonds. The second-order valence-electron chi connectivity index (χ2n) is 2.79. The second kappa shape index (κ2) is 4.47. The Kier molecular flexibility index (Phi) is 3.59. The summed E-state index contributed by atoms with van der Waals surface area (Å²) in [5.74, 6) is -1.30. The van der Waals surface area contributed by atoms with Gasteiger partial charge in [-0.05, 0) is 16.0 Å². The van der Waals surface area contributed by atoms with E-state index in [2.05, 4.69) is 10.1 Å². The van der Waals surface area contributed by atoms with Crippen molar-refractivity contribution in [3.63, 3.8) is 0 Å². The lowest BCUT2D eigenvalue weighted by molar-refractivity contribution is -0.391. The van der Waals surface area contributed by atoms with Crippen LogP contribution in [0.1, 0.15) is 12.0 Å². The molecule has 11 heteroatoms. The minimum Gasteiger partial charge on any atom is -0.358 e. The fraction of sp³-hybridized carbons (Fsp3) is 0.167. The van der Waals surface area contributed by atoms with Crippen LogP contribution >= 0.6 is 11.6 Å². The number of primary sulfonamides is 1. The van der Waals surface area contributed by atoms with Gasteiger partial charge in [0.05, 0.1) is 0 Å². The molecule has 2 N–H and O–H groups in total. The molecule has 1 rings (SSSR count). The van der Waals surface area contributed by atoms with Gasteiger partial charge in [0.2, 0.25) is 0 Å². The zero-order valence-electron chi connectivity index (χ0n) is 7.80. The Balaban J connectivity index is 3.63. The molecule has 0 saturated carbocycles. The van der Waals surface area contributed by atoms with E-state index in [0.717, 1.165) is 0 Å². The molecule has 1 aromatic rings. The first-order valence-electron chi connectivity index (χ1n) is 3.80. The van der Waals surface area contributed by atoms with Crippen molar-refractivity contribution in [3.05, 3.63) is 26.8 Å². The van der Waals surface area contributed by atoms with Crippen molar-refractivity contribution in [2.45, 2.75) is 11.5 Å². The minimum absolute atomic E-state index is 0.455. The van der Waals surface area contributed by atoms with Crippen LogP contribution in [0.5, 0.6) is 0 Å². The van der Waals surface area contributed by atoms with E-state index < -0.39 is 42.8 Å². The molecule has 0 spiro atoms. The molecule has 0 fully saturated rings. The molecule has 0 bridgehead atoms. The van der Waals surface area contributed by atoms with Gasteiger partial charge in [-0.15, -0.1) is 0 Å². The van der Waals surface area contributed by atoms with Crippen molar-refractivity contribution in [2.24, 2.45) is 5.14 Å². The number of hydrogen-bond donors (Lipinski definition) is 1. The third-order valence-electron chi connectivity index (χ3n) is 1.63. The van der Waals surface area contributed by atoms with Gasteiger partial charge in [-0.3, -0.25) is 0 Å². The van der Waals surface area contributed by atoms with Crippen LogP contribution in [0.2, 0.25) is 5.02 Å². The van der Waals surface area contributed by atoms with Crippen LogP contribution < -0.4 is 5.14 Å². The molecule has 0 aromatic carbocycles. The highest BCUT2D eigenvalue weighted by Crippen LogP contribution is 2.32. The number of aromatic nitrogens is 1. The van der Waals surface area contributed by atoms with Gasteiger partial charge in [0.15, 0.2) is 0 Å².